The second-order valence-electron chi connectivity index (χ2n) is 7.72. The zero-order valence-electron chi connectivity index (χ0n) is 18.9. The molecule has 1 aromatic heterocycles. The van der Waals surface area contributed by atoms with Crippen LogP contribution in [-0.4, -0.2) is 41.8 Å². The number of amides is 2. The summed E-state index contributed by atoms with van der Waals surface area (Å²) in [4.78, 5) is 24.8. The summed E-state index contributed by atoms with van der Waals surface area (Å²) < 4.78 is 11.1. The monoisotopic (exact) mass is 448 g/mol. The smallest absolute Gasteiger partial charge is 0.251 e. The minimum atomic E-state index is -0.364. The maximum Gasteiger partial charge on any atom is 0.251 e. The number of aromatic amines is 1. The standard InChI is InChI=1S/C25H28N4O4/c1-3-32-21-13-10-17(14-22(21)33-4-2)25(31)26-15-23(30)27-18-11-8-16(9-12-18)24-19-6-5-7-20(19)28-29-24/h8-14H,3-7,15H2,1-2H3,(H,26,31)(H,27,30)(H,28,29). The van der Waals surface area contributed by atoms with Gasteiger partial charge in [-0.1, -0.05) is 12.1 Å². The summed E-state index contributed by atoms with van der Waals surface area (Å²) in [6.07, 6.45) is 3.24. The van der Waals surface area contributed by atoms with Gasteiger partial charge in [0.25, 0.3) is 5.91 Å². The fourth-order valence-corrected chi connectivity index (χ4v) is 3.93. The highest BCUT2D eigenvalue weighted by molar-refractivity contribution is 5.99. The Morgan fingerprint density at radius 2 is 1.76 bits per heavy atom. The third-order valence-corrected chi connectivity index (χ3v) is 5.46. The third kappa shape index (κ3) is 5.16. The Bertz CT molecular complexity index is 1140. The number of rotatable bonds is 9. The number of nitrogens with one attached hydrogen (secondary N) is 3. The molecule has 1 aliphatic rings. The van der Waals surface area contributed by atoms with Gasteiger partial charge < -0.3 is 20.1 Å². The molecule has 1 aliphatic carbocycles. The van der Waals surface area contributed by atoms with Gasteiger partial charge >= 0.3 is 0 Å². The number of nitrogens with zero attached hydrogens (tertiary/aromatic N) is 1. The molecule has 0 bridgehead atoms. The zero-order chi connectivity index (χ0) is 23.2. The minimum absolute atomic E-state index is 0.148. The average Bonchev–Trinajstić information content (AvgIpc) is 3.44. The highest BCUT2D eigenvalue weighted by atomic mass is 16.5. The van der Waals surface area contributed by atoms with Gasteiger partial charge in [-0.3, -0.25) is 14.7 Å². The molecule has 8 nitrogen and oxygen atoms in total. The Labute approximate surface area is 192 Å². The summed E-state index contributed by atoms with van der Waals surface area (Å²) in [5, 5.41) is 13.0. The van der Waals surface area contributed by atoms with Gasteiger partial charge in [0.15, 0.2) is 11.5 Å². The van der Waals surface area contributed by atoms with Gasteiger partial charge in [-0.2, -0.15) is 5.10 Å². The Hall–Kier alpha value is -3.81. The second kappa shape index (κ2) is 10.2. The van der Waals surface area contributed by atoms with Crippen LogP contribution in [0.5, 0.6) is 11.5 Å². The molecule has 2 aromatic carbocycles. The van der Waals surface area contributed by atoms with Crippen LogP contribution < -0.4 is 20.1 Å². The number of hydrogen-bond acceptors (Lipinski definition) is 5. The molecule has 0 radical (unpaired) electrons. The van der Waals surface area contributed by atoms with Crippen molar-refractivity contribution in [1.82, 2.24) is 15.5 Å². The Balaban J connectivity index is 1.32. The first-order chi connectivity index (χ1) is 16.1. The van der Waals surface area contributed by atoms with Crippen LogP contribution in [0.4, 0.5) is 5.69 Å². The molecular formula is C25H28N4O4. The van der Waals surface area contributed by atoms with Crippen LogP contribution in [0.3, 0.4) is 0 Å². The molecule has 8 heteroatoms. The number of benzene rings is 2. The minimum Gasteiger partial charge on any atom is -0.490 e. The van der Waals surface area contributed by atoms with Gasteiger partial charge in [0.1, 0.15) is 0 Å². The summed E-state index contributed by atoms with van der Waals surface area (Å²) in [5.74, 6) is 0.403. The number of fused-ring (bicyclic) bond motifs is 1. The molecule has 2 amide bonds. The molecule has 0 spiro atoms. The third-order valence-electron chi connectivity index (χ3n) is 5.46. The van der Waals surface area contributed by atoms with Gasteiger partial charge in [-0.15, -0.1) is 0 Å². The lowest BCUT2D eigenvalue weighted by molar-refractivity contribution is -0.115. The van der Waals surface area contributed by atoms with Crippen molar-refractivity contribution < 1.29 is 19.1 Å². The molecule has 4 rings (SSSR count). The van der Waals surface area contributed by atoms with Crippen molar-refractivity contribution in [3.8, 4) is 22.8 Å². The van der Waals surface area contributed by atoms with E-state index in [1.54, 1.807) is 18.2 Å². The van der Waals surface area contributed by atoms with E-state index in [1.165, 1.54) is 11.3 Å². The molecule has 0 saturated carbocycles. The number of hydrogen-bond donors (Lipinski definition) is 3. The fourth-order valence-electron chi connectivity index (χ4n) is 3.93. The van der Waals surface area contributed by atoms with Gasteiger partial charge in [-0.05, 0) is 63.4 Å². The quantitative estimate of drug-likeness (QED) is 0.463. The van der Waals surface area contributed by atoms with Crippen LogP contribution in [0.2, 0.25) is 0 Å². The number of carbonyl (C=O) groups is 2. The van der Waals surface area contributed by atoms with E-state index in [4.69, 9.17) is 9.47 Å². The Kier molecular flexibility index (Phi) is 6.92. The molecule has 3 aromatic rings. The number of aromatic nitrogens is 2. The Morgan fingerprint density at radius 3 is 2.52 bits per heavy atom. The largest absolute Gasteiger partial charge is 0.490 e. The molecule has 0 unspecified atom stereocenters. The lowest BCUT2D eigenvalue weighted by Crippen LogP contribution is -2.32. The van der Waals surface area contributed by atoms with E-state index in [-0.39, 0.29) is 18.4 Å². The van der Waals surface area contributed by atoms with Crippen LogP contribution in [0, 0.1) is 0 Å². The van der Waals surface area contributed by atoms with Crippen LogP contribution in [0.25, 0.3) is 11.3 Å². The van der Waals surface area contributed by atoms with Crippen molar-refractivity contribution >= 4 is 17.5 Å². The summed E-state index contributed by atoms with van der Waals surface area (Å²) in [6, 6.07) is 12.5. The van der Waals surface area contributed by atoms with Gasteiger partial charge in [-0.25, -0.2) is 0 Å². The lowest BCUT2D eigenvalue weighted by atomic mass is 10.1. The van der Waals surface area contributed by atoms with Gasteiger partial charge in [0.2, 0.25) is 5.91 Å². The SMILES string of the molecule is CCOc1ccc(C(=O)NCC(=O)Nc2ccc(-c3n[nH]c4c3CCC4)cc2)cc1OCC. The van der Waals surface area contributed by atoms with Crippen molar-refractivity contribution in [2.45, 2.75) is 33.1 Å². The number of ether oxygens (including phenoxy) is 2. The first-order valence-electron chi connectivity index (χ1n) is 11.2. The van der Waals surface area contributed by atoms with E-state index >= 15 is 0 Å². The lowest BCUT2D eigenvalue weighted by Gasteiger charge is -2.12. The van der Waals surface area contributed by atoms with Crippen LogP contribution in [0.15, 0.2) is 42.5 Å². The van der Waals surface area contributed by atoms with Crippen molar-refractivity contribution in [3.05, 3.63) is 59.3 Å². The fraction of sp³-hybridized carbons (Fsp3) is 0.320. The number of anilines is 1. The van der Waals surface area contributed by atoms with E-state index in [2.05, 4.69) is 20.8 Å². The van der Waals surface area contributed by atoms with Crippen LogP contribution >= 0.6 is 0 Å². The van der Waals surface area contributed by atoms with E-state index in [0.29, 0.717) is 36.0 Å². The predicted molar refractivity (Wildman–Crippen MR) is 126 cm³/mol. The molecular weight excluding hydrogens is 420 g/mol. The van der Waals surface area contributed by atoms with E-state index in [0.717, 1.165) is 30.5 Å². The molecule has 172 valence electrons. The van der Waals surface area contributed by atoms with Crippen molar-refractivity contribution in [2.75, 3.05) is 25.1 Å². The first-order valence-corrected chi connectivity index (χ1v) is 11.2. The highest BCUT2D eigenvalue weighted by Crippen LogP contribution is 2.31. The number of aryl methyl sites for hydroxylation is 1. The Morgan fingerprint density at radius 1 is 1.00 bits per heavy atom. The molecule has 1 heterocycles. The highest BCUT2D eigenvalue weighted by Gasteiger charge is 2.19. The van der Waals surface area contributed by atoms with Crippen molar-refractivity contribution in [1.29, 1.82) is 0 Å². The van der Waals surface area contributed by atoms with E-state index in [1.807, 2.05) is 38.1 Å². The molecule has 0 saturated heterocycles. The van der Waals surface area contributed by atoms with Crippen LogP contribution in [-0.2, 0) is 17.6 Å². The maximum absolute atomic E-state index is 12.5. The van der Waals surface area contributed by atoms with Gasteiger partial charge in [0.05, 0.1) is 25.5 Å². The van der Waals surface area contributed by atoms with E-state index < -0.39 is 0 Å². The average molecular weight is 449 g/mol. The normalized spacial score (nSPS) is 12.2. The summed E-state index contributed by atoms with van der Waals surface area (Å²) >= 11 is 0. The number of carbonyl (C=O) groups excluding carboxylic acids is 2. The first kappa shape index (κ1) is 22.4. The van der Waals surface area contributed by atoms with Crippen molar-refractivity contribution in [3.63, 3.8) is 0 Å². The van der Waals surface area contributed by atoms with Gasteiger partial charge in [0, 0.05) is 28.1 Å². The molecule has 3 N–H and O–H groups in total. The molecule has 0 fully saturated rings. The maximum atomic E-state index is 12.5. The van der Waals surface area contributed by atoms with Crippen LogP contribution in [0.1, 0.15) is 41.9 Å². The zero-order valence-corrected chi connectivity index (χ0v) is 18.9. The number of H-pyrrole nitrogens is 1. The van der Waals surface area contributed by atoms with Crippen molar-refractivity contribution in [2.24, 2.45) is 0 Å². The molecule has 0 atom stereocenters. The molecule has 0 aliphatic heterocycles. The molecule has 33 heavy (non-hydrogen) atoms. The predicted octanol–water partition coefficient (Wildman–Crippen LogP) is 3.73. The summed E-state index contributed by atoms with van der Waals surface area (Å²) in [6.45, 7) is 4.54. The summed E-state index contributed by atoms with van der Waals surface area (Å²) in [5.41, 5.74) is 5.56. The second-order valence-corrected chi connectivity index (χ2v) is 7.72. The van der Waals surface area contributed by atoms with E-state index in [9.17, 15) is 9.59 Å². The topological polar surface area (TPSA) is 105 Å². The summed E-state index contributed by atoms with van der Waals surface area (Å²) in [7, 11) is 0.